The fraction of sp³-hybridized carbons (Fsp3) is 0.238. The highest BCUT2D eigenvalue weighted by Gasteiger charge is 2.30. The molecule has 0 saturated carbocycles. The van der Waals surface area contributed by atoms with E-state index in [0.717, 1.165) is 17.7 Å². The standard InChI is InChI=1S/C21H19F3N4O/c22-21(23,24)16-7-4-8-17(13-16)25-20-26-18(15-5-2-1-3-6-15)14-19(27-20)28-9-11-29-12-10-28/h1-8,13-14H,9-12H2,(H,25,26,27). The molecule has 0 radical (unpaired) electrons. The molecule has 0 unspecified atom stereocenters. The van der Waals surface area contributed by atoms with Gasteiger partial charge in [0.25, 0.3) is 0 Å². The molecule has 4 rings (SSSR count). The number of nitrogens with zero attached hydrogens (tertiary/aromatic N) is 3. The molecule has 0 atom stereocenters. The summed E-state index contributed by atoms with van der Waals surface area (Å²) in [6.07, 6.45) is -4.41. The summed E-state index contributed by atoms with van der Waals surface area (Å²) in [6, 6.07) is 16.5. The Morgan fingerprint density at radius 3 is 2.38 bits per heavy atom. The Bertz CT molecular complexity index is 973. The predicted octanol–water partition coefficient (Wildman–Crippen LogP) is 4.74. The maximum atomic E-state index is 13.0. The highest BCUT2D eigenvalue weighted by molar-refractivity contribution is 5.66. The summed E-state index contributed by atoms with van der Waals surface area (Å²) in [6.45, 7) is 2.57. The number of nitrogens with one attached hydrogen (secondary N) is 1. The number of hydrogen-bond donors (Lipinski definition) is 1. The quantitative estimate of drug-likeness (QED) is 0.685. The van der Waals surface area contributed by atoms with Gasteiger partial charge in [0.05, 0.1) is 24.5 Å². The second-order valence-electron chi connectivity index (χ2n) is 6.60. The number of aromatic nitrogens is 2. The third-order valence-corrected chi connectivity index (χ3v) is 4.56. The number of halogens is 3. The van der Waals surface area contributed by atoms with Gasteiger partial charge in [0.2, 0.25) is 5.95 Å². The lowest BCUT2D eigenvalue weighted by Gasteiger charge is -2.28. The molecule has 1 aliphatic rings. The summed E-state index contributed by atoms with van der Waals surface area (Å²) in [4.78, 5) is 11.1. The second-order valence-corrected chi connectivity index (χ2v) is 6.60. The molecule has 2 aromatic carbocycles. The molecule has 0 bridgehead atoms. The zero-order valence-electron chi connectivity index (χ0n) is 15.5. The van der Waals surface area contributed by atoms with Crippen molar-refractivity contribution in [2.75, 3.05) is 36.5 Å². The van der Waals surface area contributed by atoms with E-state index in [1.807, 2.05) is 36.4 Å². The van der Waals surface area contributed by atoms with Gasteiger partial charge in [-0.15, -0.1) is 0 Å². The Labute approximate surface area is 166 Å². The molecule has 8 heteroatoms. The van der Waals surface area contributed by atoms with Crippen molar-refractivity contribution in [1.82, 2.24) is 9.97 Å². The van der Waals surface area contributed by atoms with Crippen LogP contribution in [-0.4, -0.2) is 36.3 Å². The van der Waals surface area contributed by atoms with Crippen LogP contribution in [0.2, 0.25) is 0 Å². The Balaban J connectivity index is 1.70. The highest BCUT2D eigenvalue weighted by atomic mass is 19.4. The minimum atomic E-state index is -4.41. The van der Waals surface area contributed by atoms with Crippen molar-refractivity contribution in [2.45, 2.75) is 6.18 Å². The van der Waals surface area contributed by atoms with E-state index in [2.05, 4.69) is 20.2 Å². The number of alkyl halides is 3. The van der Waals surface area contributed by atoms with E-state index in [-0.39, 0.29) is 11.6 Å². The number of rotatable bonds is 4. The summed E-state index contributed by atoms with van der Waals surface area (Å²) in [5, 5.41) is 2.93. The average Bonchev–Trinajstić information content (AvgIpc) is 2.74. The van der Waals surface area contributed by atoms with Crippen LogP contribution in [-0.2, 0) is 10.9 Å². The topological polar surface area (TPSA) is 50.3 Å². The Morgan fingerprint density at radius 2 is 1.66 bits per heavy atom. The van der Waals surface area contributed by atoms with Gasteiger partial charge in [0, 0.05) is 30.4 Å². The van der Waals surface area contributed by atoms with E-state index in [9.17, 15) is 13.2 Å². The van der Waals surface area contributed by atoms with E-state index in [4.69, 9.17) is 4.74 Å². The zero-order chi connectivity index (χ0) is 20.3. The third-order valence-electron chi connectivity index (χ3n) is 4.56. The first kappa shape index (κ1) is 19.2. The molecule has 1 N–H and O–H groups in total. The van der Waals surface area contributed by atoms with Crippen LogP contribution < -0.4 is 10.2 Å². The zero-order valence-corrected chi connectivity index (χ0v) is 15.5. The van der Waals surface area contributed by atoms with Gasteiger partial charge >= 0.3 is 6.18 Å². The van der Waals surface area contributed by atoms with Crippen LogP contribution in [0.3, 0.4) is 0 Å². The summed E-state index contributed by atoms with van der Waals surface area (Å²) < 4.78 is 44.5. The molecule has 3 aromatic rings. The number of benzene rings is 2. The van der Waals surface area contributed by atoms with Crippen LogP contribution in [0.1, 0.15) is 5.56 Å². The van der Waals surface area contributed by atoms with Crippen molar-refractivity contribution in [2.24, 2.45) is 0 Å². The Kier molecular flexibility index (Phi) is 5.35. The first-order valence-corrected chi connectivity index (χ1v) is 9.20. The number of anilines is 3. The molecule has 0 spiro atoms. The lowest BCUT2D eigenvalue weighted by atomic mass is 10.1. The normalized spacial score (nSPS) is 14.7. The van der Waals surface area contributed by atoms with Gasteiger partial charge in [-0.1, -0.05) is 36.4 Å². The van der Waals surface area contributed by atoms with Gasteiger partial charge in [0.15, 0.2) is 0 Å². The monoisotopic (exact) mass is 400 g/mol. The van der Waals surface area contributed by atoms with Gasteiger partial charge in [-0.3, -0.25) is 0 Å². The summed E-state index contributed by atoms with van der Waals surface area (Å²) >= 11 is 0. The second kappa shape index (κ2) is 8.08. The van der Waals surface area contributed by atoms with Crippen LogP contribution >= 0.6 is 0 Å². The van der Waals surface area contributed by atoms with E-state index in [1.165, 1.54) is 6.07 Å². The number of morpholine rings is 1. The maximum absolute atomic E-state index is 13.0. The molecule has 2 heterocycles. The lowest BCUT2D eigenvalue weighted by molar-refractivity contribution is -0.137. The molecule has 150 valence electrons. The van der Waals surface area contributed by atoms with E-state index in [0.29, 0.717) is 37.8 Å². The van der Waals surface area contributed by atoms with E-state index >= 15 is 0 Å². The molecule has 0 aliphatic carbocycles. The van der Waals surface area contributed by atoms with E-state index < -0.39 is 11.7 Å². The van der Waals surface area contributed by atoms with Gasteiger partial charge in [-0.2, -0.15) is 18.2 Å². The fourth-order valence-electron chi connectivity index (χ4n) is 3.10. The smallest absolute Gasteiger partial charge is 0.378 e. The van der Waals surface area contributed by atoms with Crippen molar-refractivity contribution in [3.05, 3.63) is 66.2 Å². The molecule has 1 saturated heterocycles. The van der Waals surface area contributed by atoms with Crippen molar-refractivity contribution in [3.63, 3.8) is 0 Å². The molecular weight excluding hydrogens is 381 g/mol. The van der Waals surface area contributed by atoms with Crippen LogP contribution in [0.25, 0.3) is 11.3 Å². The van der Waals surface area contributed by atoms with Crippen molar-refractivity contribution in [1.29, 1.82) is 0 Å². The van der Waals surface area contributed by atoms with Crippen molar-refractivity contribution >= 4 is 17.5 Å². The first-order chi connectivity index (χ1) is 14.0. The summed E-state index contributed by atoms with van der Waals surface area (Å²) in [7, 11) is 0. The van der Waals surface area contributed by atoms with Crippen LogP contribution in [0.5, 0.6) is 0 Å². The summed E-state index contributed by atoms with van der Waals surface area (Å²) in [5.41, 5.74) is 1.14. The Morgan fingerprint density at radius 1 is 0.897 bits per heavy atom. The predicted molar refractivity (Wildman–Crippen MR) is 105 cm³/mol. The van der Waals surface area contributed by atoms with Gasteiger partial charge < -0.3 is 15.0 Å². The van der Waals surface area contributed by atoms with Crippen LogP contribution in [0.15, 0.2) is 60.7 Å². The average molecular weight is 400 g/mol. The molecule has 1 aliphatic heterocycles. The first-order valence-electron chi connectivity index (χ1n) is 9.20. The summed E-state index contributed by atoms with van der Waals surface area (Å²) in [5.74, 6) is 0.948. The minimum Gasteiger partial charge on any atom is -0.378 e. The molecule has 0 amide bonds. The van der Waals surface area contributed by atoms with Crippen molar-refractivity contribution in [3.8, 4) is 11.3 Å². The Hall–Kier alpha value is -3.13. The van der Waals surface area contributed by atoms with Gasteiger partial charge in [-0.25, -0.2) is 4.98 Å². The molecular formula is C21H19F3N4O. The third kappa shape index (κ3) is 4.65. The minimum absolute atomic E-state index is 0.243. The van der Waals surface area contributed by atoms with Crippen LogP contribution in [0, 0.1) is 0 Å². The SMILES string of the molecule is FC(F)(F)c1cccc(Nc2nc(-c3ccccc3)cc(N3CCOCC3)n2)c1. The molecule has 1 fully saturated rings. The maximum Gasteiger partial charge on any atom is 0.416 e. The lowest BCUT2D eigenvalue weighted by Crippen LogP contribution is -2.36. The largest absolute Gasteiger partial charge is 0.416 e. The fourth-order valence-corrected chi connectivity index (χ4v) is 3.10. The van der Waals surface area contributed by atoms with E-state index in [1.54, 1.807) is 6.07 Å². The van der Waals surface area contributed by atoms with Crippen LogP contribution in [0.4, 0.5) is 30.6 Å². The number of hydrogen-bond acceptors (Lipinski definition) is 5. The molecule has 1 aromatic heterocycles. The number of ether oxygens (including phenoxy) is 1. The van der Waals surface area contributed by atoms with Gasteiger partial charge in [-0.05, 0) is 18.2 Å². The highest BCUT2D eigenvalue weighted by Crippen LogP contribution is 2.32. The molecule has 29 heavy (non-hydrogen) atoms. The molecule has 5 nitrogen and oxygen atoms in total. The van der Waals surface area contributed by atoms with Gasteiger partial charge in [0.1, 0.15) is 5.82 Å². The van der Waals surface area contributed by atoms with Crippen molar-refractivity contribution < 1.29 is 17.9 Å².